The molecule has 0 aliphatic heterocycles. The summed E-state index contributed by atoms with van der Waals surface area (Å²) in [5.74, 6) is -0.345. The van der Waals surface area contributed by atoms with Crippen molar-refractivity contribution in [2.45, 2.75) is 13.0 Å². The second kappa shape index (κ2) is 6.84. The number of rotatable bonds is 3. The van der Waals surface area contributed by atoms with Crippen LogP contribution in [0, 0.1) is 0 Å². The fourth-order valence-electron chi connectivity index (χ4n) is 1.73. The van der Waals surface area contributed by atoms with Crippen LogP contribution in [-0.2, 0) is 0 Å². The Morgan fingerprint density at radius 1 is 1.10 bits per heavy atom. The van der Waals surface area contributed by atoms with Gasteiger partial charge in [0.2, 0.25) is 0 Å². The zero-order valence-corrected chi connectivity index (χ0v) is 13.9. The Kier molecular flexibility index (Phi) is 5.33. The summed E-state index contributed by atoms with van der Waals surface area (Å²) in [6, 6.07) is 6.32. The van der Waals surface area contributed by atoms with E-state index in [1.54, 1.807) is 18.2 Å². The molecular weight excluding hydrogens is 354 g/mol. The van der Waals surface area contributed by atoms with E-state index in [1.807, 2.05) is 6.92 Å². The smallest absolute Gasteiger partial charge is 0.253 e. The van der Waals surface area contributed by atoms with Crippen molar-refractivity contribution in [3.63, 3.8) is 0 Å². The van der Waals surface area contributed by atoms with Crippen LogP contribution in [0.1, 0.15) is 28.9 Å². The maximum absolute atomic E-state index is 12.2. The van der Waals surface area contributed by atoms with Gasteiger partial charge >= 0.3 is 0 Å². The maximum Gasteiger partial charge on any atom is 0.253 e. The van der Waals surface area contributed by atoms with Gasteiger partial charge in [-0.3, -0.25) is 4.79 Å². The first-order valence-electron chi connectivity index (χ1n) is 5.95. The van der Waals surface area contributed by atoms with Gasteiger partial charge in [0, 0.05) is 6.20 Å². The number of benzene rings is 1. The van der Waals surface area contributed by atoms with E-state index in [2.05, 4.69) is 10.3 Å². The lowest BCUT2D eigenvalue weighted by Crippen LogP contribution is -2.27. The van der Waals surface area contributed by atoms with Crippen molar-refractivity contribution in [2.75, 3.05) is 0 Å². The van der Waals surface area contributed by atoms with Crippen molar-refractivity contribution < 1.29 is 4.79 Å². The minimum atomic E-state index is -0.345. The second-order valence-corrected chi connectivity index (χ2v) is 5.96. The SMILES string of the molecule is CC(NC(=O)c1cc(Cl)ncc1Cl)c1ccc(Cl)c(Cl)c1. The fourth-order valence-corrected chi connectivity index (χ4v) is 2.38. The monoisotopic (exact) mass is 362 g/mol. The van der Waals surface area contributed by atoms with E-state index in [0.717, 1.165) is 5.56 Å². The molecule has 0 radical (unpaired) electrons. The number of carbonyl (C=O) groups is 1. The molecule has 2 rings (SSSR count). The zero-order chi connectivity index (χ0) is 15.6. The normalized spacial score (nSPS) is 12.0. The molecule has 0 spiro atoms. The summed E-state index contributed by atoms with van der Waals surface area (Å²) in [5.41, 5.74) is 1.10. The molecule has 1 aromatic heterocycles. The predicted molar refractivity (Wildman–Crippen MR) is 86.6 cm³/mol. The molecule has 1 N–H and O–H groups in total. The molecule has 3 nitrogen and oxygen atoms in total. The van der Waals surface area contributed by atoms with E-state index in [0.29, 0.717) is 10.0 Å². The number of nitrogens with zero attached hydrogens (tertiary/aromatic N) is 1. The van der Waals surface area contributed by atoms with Gasteiger partial charge in [-0.15, -0.1) is 0 Å². The number of halogens is 4. The van der Waals surface area contributed by atoms with Gasteiger partial charge in [-0.05, 0) is 30.7 Å². The Hall–Kier alpha value is -1.000. The highest BCUT2D eigenvalue weighted by Crippen LogP contribution is 2.26. The Morgan fingerprint density at radius 2 is 1.81 bits per heavy atom. The van der Waals surface area contributed by atoms with Crippen molar-refractivity contribution >= 4 is 52.3 Å². The van der Waals surface area contributed by atoms with Gasteiger partial charge in [0.25, 0.3) is 5.91 Å². The van der Waals surface area contributed by atoms with Gasteiger partial charge in [0.1, 0.15) is 5.15 Å². The number of hydrogen-bond acceptors (Lipinski definition) is 2. The van der Waals surface area contributed by atoms with E-state index in [-0.39, 0.29) is 27.7 Å². The molecule has 0 saturated heterocycles. The molecule has 1 atom stereocenters. The number of pyridine rings is 1. The van der Waals surface area contributed by atoms with Gasteiger partial charge in [0.05, 0.1) is 26.7 Å². The molecule has 1 unspecified atom stereocenters. The molecule has 7 heteroatoms. The van der Waals surface area contributed by atoms with Gasteiger partial charge in [-0.2, -0.15) is 0 Å². The fraction of sp³-hybridized carbons (Fsp3) is 0.143. The third-order valence-corrected chi connectivity index (χ3v) is 4.10. The van der Waals surface area contributed by atoms with Crippen LogP contribution in [0.15, 0.2) is 30.5 Å². The second-order valence-electron chi connectivity index (χ2n) is 4.36. The van der Waals surface area contributed by atoms with Crippen molar-refractivity contribution in [3.8, 4) is 0 Å². The summed E-state index contributed by atoms with van der Waals surface area (Å²) in [5, 5.41) is 4.14. The molecule has 0 saturated carbocycles. The molecule has 0 bridgehead atoms. The Labute approximate surface area is 142 Å². The van der Waals surface area contributed by atoms with Crippen LogP contribution in [0.4, 0.5) is 0 Å². The Morgan fingerprint density at radius 3 is 2.48 bits per heavy atom. The predicted octanol–water partition coefficient (Wildman–Crippen LogP) is 5.19. The van der Waals surface area contributed by atoms with E-state index in [9.17, 15) is 4.79 Å². The van der Waals surface area contributed by atoms with Crippen LogP contribution in [-0.4, -0.2) is 10.9 Å². The van der Waals surface area contributed by atoms with Crippen LogP contribution in [0.3, 0.4) is 0 Å². The van der Waals surface area contributed by atoms with Crippen LogP contribution in [0.25, 0.3) is 0 Å². The van der Waals surface area contributed by atoms with Crippen LogP contribution in [0.2, 0.25) is 20.2 Å². The number of carbonyl (C=O) groups excluding carboxylic acids is 1. The highest BCUT2D eigenvalue weighted by Gasteiger charge is 2.16. The summed E-state index contributed by atoms with van der Waals surface area (Å²) < 4.78 is 0. The third kappa shape index (κ3) is 4.01. The van der Waals surface area contributed by atoms with Crippen LogP contribution < -0.4 is 5.32 Å². The van der Waals surface area contributed by atoms with Crippen LogP contribution >= 0.6 is 46.4 Å². The minimum absolute atomic E-state index is 0.201. The average Bonchev–Trinajstić information content (AvgIpc) is 2.44. The third-order valence-electron chi connectivity index (χ3n) is 2.86. The average molecular weight is 364 g/mol. The molecule has 0 aliphatic carbocycles. The number of aromatic nitrogens is 1. The van der Waals surface area contributed by atoms with Gasteiger partial charge in [-0.1, -0.05) is 52.5 Å². The molecule has 0 fully saturated rings. The molecule has 110 valence electrons. The number of hydrogen-bond donors (Lipinski definition) is 1. The first-order valence-corrected chi connectivity index (χ1v) is 7.46. The van der Waals surface area contributed by atoms with E-state index < -0.39 is 0 Å². The summed E-state index contributed by atoms with van der Waals surface area (Å²) >= 11 is 23.5. The maximum atomic E-state index is 12.2. The van der Waals surface area contributed by atoms with Crippen molar-refractivity contribution in [1.29, 1.82) is 0 Å². The molecule has 0 aliphatic rings. The molecule has 1 amide bonds. The van der Waals surface area contributed by atoms with E-state index in [1.165, 1.54) is 12.3 Å². The van der Waals surface area contributed by atoms with Gasteiger partial charge < -0.3 is 5.32 Å². The number of nitrogens with one attached hydrogen (secondary N) is 1. The highest BCUT2D eigenvalue weighted by molar-refractivity contribution is 6.42. The Bertz CT molecular complexity index is 691. The molecule has 1 heterocycles. The molecule has 21 heavy (non-hydrogen) atoms. The first-order chi connectivity index (χ1) is 9.88. The standard InChI is InChI=1S/C14H10Cl4N2O/c1-7(8-2-3-10(15)11(16)4-8)20-14(21)9-5-13(18)19-6-12(9)17/h2-7H,1H3,(H,20,21). The van der Waals surface area contributed by atoms with Gasteiger partial charge in [-0.25, -0.2) is 4.98 Å². The molecular formula is C14H10Cl4N2O. The van der Waals surface area contributed by atoms with Crippen molar-refractivity contribution in [1.82, 2.24) is 10.3 Å². The number of amides is 1. The van der Waals surface area contributed by atoms with E-state index >= 15 is 0 Å². The Balaban J connectivity index is 2.18. The lowest BCUT2D eigenvalue weighted by molar-refractivity contribution is 0.0940. The first kappa shape index (κ1) is 16.4. The quantitative estimate of drug-likeness (QED) is 0.762. The summed E-state index contributed by atoms with van der Waals surface area (Å²) in [6.45, 7) is 1.83. The summed E-state index contributed by atoms with van der Waals surface area (Å²) in [6.07, 6.45) is 1.34. The largest absolute Gasteiger partial charge is 0.345 e. The molecule has 2 aromatic rings. The van der Waals surface area contributed by atoms with Gasteiger partial charge in [0.15, 0.2) is 0 Å². The highest BCUT2D eigenvalue weighted by atomic mass is 35.5. The van der Waals surface area contributed by atoms with Crippen molar-refractivity contribution in [3.05, 3.63) is 61.8 Å². The lowest BCUT2D eigenvalue weighted by Gasteiger charge is -2.15. The van der Waals surface area contributed by atoms with Crippen LogP contribution in [0.5, 0.6) is 0 Å². The summed E-state index contributed by atoms with van der Waals surface area (Å²) in [7, 11) is 0. The zero-order valence-electron chi connectivity index (χ0n) is 10.8. The lowest BCUT2D eigenvalue weighted by atomic mass is 10.1. The van der Waals surface area contributed by atoms with E-state index in [4.69, 9.17) is 46.4 Å². The summed E-state index contributed by atoms with van der Waals surface area (Å²) in [4.78, 5) is 16.0. The minimum Gasteiger partial charge on any atom is -0.345 e. The topological polar surface area (TPSA) is 42.0 Å². The van der Waals surface area contributed by atoms with Crippen molar-refractivity contribution in [2.24, 2.45) is 0 Å². The molecule has 1 aromatic carbocycles.